The number of nitrogens with one attached hydrogen (secondary N) is 1. The van der Waals surface area contributed by atoms with Crippen LogP contribution in [0.1, 0.15) is 35.1 Å². The quantitative estimate of drug-likeness (QED) is 0.879. The second-order valence-corrected chi connectivity index (χ2v) is 4.23. The Kier molecular flexibility index (Phi) is 3.13. The summed E-state index contributed by atoms with van der Waals surface area (Å²) < 4.78 is 1.84. The van der Waals surface area contributed by atoms with Gasteiger partial charge in [-0.15, -0.1) is 0 Å². The Balaban J connectivity index is 2.46. The molecule has 0 aliphatic carbocycles. The smallest absolute Gasteiger partial charge is 0.270 e. The summed E-state index contributed by atoms with van der Waals surface area (Å²) >= 11 is 0. The summed E-state index contributed by atoms with van der Waals surface area (Å²) in [6, 6.07) is 3.95. The number of pyridine rings is 1. The van der Waals surface area contributed by atoms with E-state index in [4.69, 9.17) is 0 Å². The monoisotopic (exact) mass is 231 g/mol. The predicted molar refractivity (Wildman–Crippen MR) is 67.3 cm³/mol. The molecule has 0 saturated carbocycles. The molecule has 17 heavy (non-hydrogen) atoms. The first-order valence-electron chi connectivity index (χ1n) is 5.87. The number of nitrogens with zero attached hydrogens (tertiary/aromatic N) is 2. The Morgan fingerprint density at radius 2 is 2.24 bits per heavy atom. The van der Waals surface area contributed by atoms with Crippen molar-refractivity contribution in [3.63, 3.8) is 0 Å². The largest absolute Gasteiger partial charge is 0.351 e. The molecule has 0 spiro atoms. The summed E-state index contributed by atoms with van der Waals surface area (Å²) in [5, 5.41) is 2.88. The van der Waals surface area contributed by atoms with E-state index in [0.717, 1.165) is 23.3 Å². The second-order valence-electron chi connectivity index (χ2n) is 4.23. The zero-order chi connectivity index (χ0) is 12.4. The molecule has 2 aromatic heterocycles. The summed E-state index contributed by atoms with van der Waals surface area (Å²) in [5.74, 6) is -0.0549. The van der Waals surface area contributed by atoms with Gasteiger partial charge in [0, 0.05) is 12.7 Å². The SMILES string of the molecule is CCCNC(=O)c1c(C)nc2cc(C)ccn12. The molecule has 0 aliphatic rings. The van der Waals surface area contributed by atoms with E-state index in [1.165, 1.54) is 0 Å². The van der Waals surface area contributed by atoms with E-state index in [1.54, 1.807) is 0 Å². The molecule has 0 bridgehead atoms. The zero-order valence-corrected chi connectivity index (χ0v) is 10.4. The molecule has 0 atom stereocenters. The van der Waals surface area contributed by atoms with Crippen LogP contribution in [0.5, 0.6) is 0 Å². The summed E-state index contributed by atoms with van der Waals surface area (Å²) in [6.45, 7) is 6.60. The van der Waals surface area contributed by atoms with E-state index >= 15 is 0 Å². The molecule has 2 aromatic rings. The fourth-order valence-corrected chi connectivity index (χ4v) is 1.86. The van der Waals surface area contributed by atoms with Crippen LogP contribution >= 0.6 is 0 Å². The molecule has 0 saturated heterocycles. The van der Waals surface area contributed by atoms with Crippen LogP contribution in [0.2, 0.25) is 0 Å². The van der Waals surface area contributed by atoms with Crippen molar-refractivity contribution in [3.8, 4) is 0 Å². The molecule has 0 radical (unpaired) electrons. The van der Waals surface area contributed by atoms with Crippen molar-refractivity contribution in [1.29, 1.82) is 0 Å². The van der Waals surface area contributed by atoms with Crippen molar-refractivity contribution in [2.45, 2.75) is 27.2 Å². The van der Waals surface area contributed by atoms with Gasteiger partial charge in [0.15, 0.2) is 0 Å². The maximum absolute atomic E-state index is 12.0. The van der Waals surface area contributed by atoms with E-state index in [0.29, 0.717) is 12.2 Å². The van der Waals surface area contributed by atoms with Gasteiger partial charge in [0.2, 0.25) is 0 Å². The van der Waals surface area contributed by atoms with E-state index in [1.807, 2.05) is 43.5 Å². The van der Waals surface area contributed by atoms with E-state index in [2.05, 4.69) is 10.3 Å². The number of amides is 1. The topological polar surface area (TPSA) is 46.4 Å². The molecule has 0 aliphatic heterocycles. The van der Waals surface area contributed by atoms with Gasteiger partial charge in [0.05, 0.1) is 5.69 Å². The van der Waals surface area contributed by atoms with E-state index in [9.17, 15) is 4.79 Å². The molecule has 2 heterocycles. The molecule has 0 fully saturated rings. The van der Waals surface area contributed by atoms with Gasteiger partial charge in [0.1, 0.15) is 11.3 Å². The third-order valence-corrected chi connectivity index (χ3v) is 2.71. The Hall–Kier alpha value is -1.84. The van der Waals surface area contributed by atoms with Crippen molar-refractivity contribution >= 4 is 11.6 Å². The standard InChI is InChI=1S/C13H17N3O/c1-4-6-14-13(17)12-10(3)15-11-8-9(2)5-7-16(11)12/h5,7-8H,4,6H2,1-3H3,(H,14,17). The van der Waals surface area contributed by atoms with Crippen LogP contribution in [-0.4, -0.2) is 21.8 Å². The normalized spacial score (nSPS) is 10.8. The van der Waals surface area contributed by atoms with Gasteiger partial charge in [-0.2, -0.15) is 0 Å². The number of carbonyl (C=O) groups is 1. The fraction of sp³-hybridized carbons (Fsp3) is 0.385. The first-order chi connectivity index (χ1) is 8.13. The molecule has 1 amide bonds. The van der Waals surface area contributed by atoms with Gasteiger partial charge in [-0.1, -0.05) is 6.92 Å². The summed E-state index contributed by atoms with van der Waals surface area (Å²) in [4.78, 5) is 16.4. The molecular formula is C13H17N3O. The predicted octanol–water partition coefficient (Wildman–Crippen LogP) is 2.09. The first kappa shape index (κ1) is 11.6. The van der Waals surface area contributed by atoms with Crippen molar-refractivity contribution in [3.05, 3.63) is 35.3 Å². The summed E-state index contributed by atoms with van der Waals surface area (Å²) in [5.41, 5.74) is 3.37. The number of hydrogen-bond acceptors (Lipinski definition) is 2. The third kappa shape index (κ3) is 2.16. The minimum absolute atomic E-state index is 0.0549. The van der Waals surface area contributed by atoms with Crippen LogP contribution < -0.4 is 5.32 Å². The molecule has 0 aromatic carbocycles. The maximum atomic E-state index is 12.0. The lowest BCUT2D eigenvalue weighted by Gasteiger charge is -2.04. The van der Waals surface area contributed by atoms with Gasteiger partial charge in [-0.05, 0) is 38.0 Å². The van der Waals surface area contributed by atoms with Gasteiger partial charge in [-0.3, -0.25) is 9.20 Å². The summed E-state index contributed by atoms with van der Waals surface area (Å²) in [6.07, 6.45) is 2.83. The Bertz CT molecular complexity index is 557. The highest BCUT2D eigenvalue weighted by Gasteiger charge is 2.15. The average Bonchev–Trinajstić information content (AvgIpc) is 2.61. The van der Waals surface area contributed by atoms with E-state index < -0.39 is 0 Å². The zero-order valence-electron chi connectivity index (χ0n) is 10.4. The number of imidazole rings is 1. The fourth-order valence-electron chi connectivity index (χ4n) is 1.86. The first-order valence-corrected chi connectivity index (χ1v) is 5.87. The minimum Gasteiger partial charge on any atom is -0.351 e. The maximum Gasteiger partial charge on any atom is 0.270 e. The van der Waals surface area contributed by atoms with Crippen molar-refractivity contribution in [1.82, 2.24) is 14.7 Å². The molecule has 4 heteroatoms. The van der Waals surface area contributed by atoms with Crippen LogP contribution in [0, 0.1) is 13.8 Å². The van der Waals surface area contributed by atoms with Gasteiger partial charge >= 0.3 is 0 Å². The Morgan fingerprint density at radius 1 is 1.47 bits per heavy atom. The van der Waals surface area contributed by atoms with Crippen LogP contribution in [0.4, 0.5) is 0 Å². The Labute approximate surface area is 101 Å². The lowest BCUT2D eigenvalue weighted by molar-refractivity contribution is 0.0947. The van der Waals surface area contributed by atoms with Crippen LogP contribution in [0.15, 0.2) is 18.3 Å². The number of aryl methyl sites for hydroxylation is 2. The van der Waals surface area contributed by atoms with Crippen LogP contribution in [0.3, 0.4) is 0 Å². The molecule has 2 rings (SSSR count). The minimum atomic E-state index is -0.0549. The van der Waals surface area contributed by atoms with Gasteiger partial charge in [-0.25, -0.2) is 4.98 Å². The molecule has 90 valence electrons. The van der Waals surface area contributed by atoms with Crippen molar-refractivity contribution in [2.24, 2.45) is 0 Å². The van der Waals surface area contributed by atoms with E-state index in [-0.39, 0.29) is 5.91 Å². The van der Waals surface area contributed by atoms with Gasteiger partial charge in [0.25, 0.3) is 5.91 Å². The average molecular weight is 231 g/mol. The molecule has 4 nitrogen and oxygen atoms in total. The number of fused-ring (bicyclic) bond motifs is 1. The lowest BCUT2D eigenvalue weighted by atomic mass is 10.3. The number of aromatic nitrogens is 2. The molecule has 0 unspecified atom stereocenters. The highest BCUT2D eigenvalue weighted by atomic mass is 16.1. The number of hydrogen-bond donors (Lipinski definition) is 1. The van der Waals surface area contributed by atoms with Crippen LogP contribution in [0.25, 0.3) is 5.65 Å². The van der Waals surface area contributed by atoms with Gasteiger partial charge < -0.3 is 5.32 Å². The van der Waals surface area contributed by atoms with Crippen LogP contribution in [-0.2, 0) is 0 Å². The highest BCUT2D eigenvalue weighted by Crippen LogP contribution is 2.13. The van der Waals surface area contributed by atoms with Crippen molar-refractivity contribution < 1.29 is 4.79 Å². The lowest BCUT2D eigenvalue weighted by Crippen LogP contribution is -2.26. The molecule has 1 N–H and O–H groups in total. The summed E-state index contributed by atoms with van der Waals surface area (Å²) in [7, 11) is 0. The Morgan fingerprint density at radius 3 is 2.94 bits per heavy atom. The number of carbonyl (C=O) groups excluding carboxylic acids is 1. The molecular weight excluding hydrogens is 214 g/mol. The third-order valence-electron chi connectivity index (χ3n) is 2.71. The highest BCUT2D eigenvalue weighted by molar-refractivity contribution is 5.94. The van der Waals surface area contributed by atoms with Crippen molar-refractivity contribution in [2.75, 3.05) is 6.54 Å². The second kappa shape index (κ2) is 4.57. The number of rotatable bonds is 3.